The van der Waals surface area contributed by atoms with Crippen LogP contribution in [-0.4, -0.2) is 32.4 Å². The molecule has 0 aliphatic heterocycles. The van der Waals surface area contributed by atoms with Crippen LogP contribution >= 0.6 is 11.3 Å². The van der Waals surface area contributed by atoms with Crippen molar-refractivity contribution in [2.45, 2.75) is 56.3 Å². The lowest BCUT2D eigenvalue weighted by molar-refractivity contribution is 0.293. The van der Waals surface area contributed by atoms with Gasteiger partial charge in [-0.2, -0.15) is 4.31 Å². The van der Waals surface area contributed by atoms with E-state index in [-0.39, 0.29) is 6.04 Å². The van der Waals surface area contributed by atoms with E-state index in [0.717, 1.165) is 31.2 Å². The lowest BCUT2D eigenvalue weighted by atomic mass is 10.2. The molecule has 1 saturated carbocycles. The van der Waals surface area contributed by atoms with Crippen molar-refractivity contribution in [3.05, 3.63) is 17.0 Å². The molecule has 0 spiro atoms. The molecule has 0 aromatic carbocycles. The van der Waals surface area contributed by atoms with Gasteiger partial charge in [0.15, 0.2) is 0 Å². The van der Waals surface area contributed by atoms with E-state index >= 15 is 0 Å². The second kappa shape index (κ2) is 7.22. The summed E-state index contributed by atoms with van der Waals surface area (Å²) in [6.07, 6.45) is 4.29. The molecule has 21 heavy (non-hydrogen) atoms. The van der Waals surface area contributed by atoms with Gasteiger partial charge in [0.25, 0.3) is 10.0 Å². The Balaban J connectivity index is 2.26. The van der Waals surface area contributed by atoms with Gasteiger partial charge < -0.3 is 5.32 Å². The number of rotatable bonds is 7. The van der Waals surface area contributed by atoms with Gasteiger partial charge in [-0.3, -0.25) is 0 Å². The van der Waals surface area contributed by atoms with Crippen molar-refractivity contribution >= 4 is 21.4 Å². The van der Waals surface area contributed by atoms with Gasteiger partial charge in [-0.25, -0.2) is 8.42 Å². The highest BCUT2D eigenvalue weighted by atomic mass is 32.2. The highest BCUT2D eigenvalue weighted by Crippen LogP contribution is 2.31. The Hall–Kier alpha value is -0.430. The zero-order chi connectivity index (χ0) is 15.5. The fourth-order valence-electron chi connectivity index (χ4n) is 2.90. The number of nitrogens with zero attached hydrogens (tertiary/aromatic N) is 1. The van der Waals surface area contributed by atoms with Crippen LogP contribution in [-0.2, 0) is 16.6 Å². The van der Waals surface area contributed by atoms with Crippen LogP contribution in [0.1, 0.15) is 45.1 Å². The molecule has 0 bridgehead atoms. The normalized spacial score (nSPS) is 17.2. The van der Waals surface area contributed by atoms with Gasteiger partial charge in [0.2, 0.25) is 0 Å². The topological polar surface area (TPSA) is 49.4 Å². The number of hydrogen-bond donors (Lipinski definition) is 1. The summed E-state index contributed by atoms with van der Waals surface area (Å²) in [4.78, 5) is 0. The van der Waals surface area contributed by atoms with Crippen LogP contribution in [0, 0.1) is 5.92 Å². The van der Waals surface area contributed by atoms with Crippen molar-refractivity contribution in [2.75, 3.05) is 13.6 Å². The van der Waals surface area contributed by atoms with Gasteiger partial charge in [-0.05, 0) is 42.8 Å². The first kappa shape index (κ1) is 16.9. The van der Waals surface area contributed by atoms with Crippen molar-refractivity contribution in [2.24, 2.45) is 5.92 Å². The maximum Gasteiger partial charge on any atom is 0.252 e. The van der Waals surface area contributed by atoms with Crippen molar-refractivity contribution in [3.8, 4) is 0 Å². The van der Waals surface area contributed by atoms with Crippen molar-refractivity contribution in [1.82, 2.24) is 9.62 Å². The van der Waals surface area contributed by atoms with Crippen LogP contribution in [0.15, 0.2) is 15.7 Å². The Labute approximate surface area is 132 Å². The molecule has 1 fully saturated rings. The summed E-state index contributed by atoms with van der Waals surface area (Å²) >= 11 is 1.34. The molecule has 0 unspecified atom stereocenters. The number of hydrogen-bond acceptors (Lipinski definition) is 4. The number of nitrogens with one attached hydrogen (secondary N) is 1. The summed E-state index contributed by atoms with van der Waals surface area (Å²) in [5.41, 5.74) is 1.04. The molecule has 0 radical (unpaired) electrons. The van der Waals surface area contributed by atoms with Crippen LogP contribution in [0.4, 0.5) is 0 Å². The van der Waals surface area contributed by atoms with E-state index in [1.54, 1.807) is 4.31 Å². The largest absolute Gasteiger partial charge is 0.316 e. The zero-order valence-corrected chi connectivity index (χ0v) is 14.8. The minimum atomic E-state index is -3.35. The number of thiophene rings is 1. The third-order valence-corrected chi connectivity index (χ3v) is 7.23. The van der Waals surface area contributed by atoms with Crippen molar-refractivity contribution in [1.29, 1.82) is 0 Å². The highest BCUT2D eigenvalue weighted by Gasteiger charge is 2.34. The summed E-state index contributed by atoms with van der Waals surface area (Å²) in [5.74, 6) is 0.345. The molecule has 1 aromatic heterocycles. The molecule has 1 aromatic rings. The van der Waals surface area contributed by atoms with Gasteiger partial charge in [0.05, 0.1) is 0 Å². The lowest BCUT2D eigenvalue weighted by Crippen LogP contribution is -2.40. The van der Waals surface area contributed by atoms with Crippen LogP contribution < -0.4 is 5.32 Å². The van der Waals surface area contributed by atoms with Crippen LogP contribution in [0.5, 0.6) is 0 Å². The summed E-state index contributed by atoms with van der Waals surface area (Å²) in [5, 5.41) is 5.00. The average Bonchev–Trinajstić information content (AvgIpc) is 3.07. The highest BCUT2D eigenvalue weighted by molar-refractivity contribution is 7.91. The Morgan fingerprint density at radius 1 is 1.38 bits per heavy atom. The molecule has 4 nitrogen and oxygen atoms in total. The molecule has 1 N–H and O–H groups in total. The number of sulfonamides is 1. The summed E-state index contributed by atoms with van der Waals surface area (Å²) in [6.45, 7) is 5.49. The van der Waals surface area contributed by atoms with Gasteiger partial charge in [-0.15, -0.1) is 11.3 Å². The van der Waals surface area contributed by atoms with E-state index in [4.69, 9.17) is 0 Å². The molecule has 1 aliphatic rings. The average molecular weight is 331 g/mol. The standard InChI is InChI=1S/C15H26N2O2S2/c1-12(2)10-17(14-6-4-5-7-14)21(18,19)15-8-13(9-16-3)11-20-15/h8,11-12,14,16H,4-7,9-10H2,1-3H3. The van der Waals surface area contributed by atoms with E-state index in [9.17, 15) is 8.42 Å². The smallest absolute Gasteiger partial charge is 0.252 e. The Morgan fingerprint density at radius 3 is 2.62 bits per heavy atom. The van der Waals surface area contributed by atoms with E-state index in [0.29, 0.717) is 23.2 Å². The first-order valence-corrected chi connectivity index (χ1v) is 10.0. The van der Waals surface area contributed by atoms with Crippen molar-refractivity contribution < 1.29 is 8.42 Å². The van der Waals surface area contributed by atoms with Crippen LogP contribution in [0.2, 0.25) is 0 Å². The molecule has 1 aliphatic carbocycles. The molecule has 0 atom stereocenters. The van der Waals surface area contributed by atoms with E-state index in [1.807, 2.05) is 18.5 Å². The van der Waals surface area contributed by atoms with Gasteiger partial charge >= 0.3 is 0 Å². The van der Waals surface area contributed by atoms with Crippen LogP contribution in [0.3, 0.4) is 0 Å². The monoisotopic (exact) mass is 330 g/mol. The second-order valence-corrected chi connectivity index (χ2v) is 9.24. The molecule has 1 heterocycles. The summed E-state index contributed by atoms with van der Waals surface area (Å²) in [6, 6.07) is 2.01. The van der Waals surface area contributed by atoms with Crippen LogP contribution in [0.25, 0.3) is 0 Å². The minimum absolute atomic E-state index is 0.187. The third kappa shape index (κ3) is 4.06. The predicted molar refractivity (Wildman–Crippen MR) is 88.1 cm³/mol. The maximum absolute atomic E-state index is 13.0. The zero-order valence-electron chi connectivity index (χ0n) is 13.1. The molecule has 120 valence electrons. The van der Waals surface area contributed by atoms with E-state index in [2.05, 4.69) is 19.2 Å². The van der Waals surface area contributed by atoms with Crippen molar-refractivity contribution in [3.63, 3.8) is 0 Å². The molecular weight excluding hydrogens is 304 g/mol. The lowest BCUT2D eigenvalue weighted by Gasteiger charge is -2.29. The maximum atomic E-state index is 13.0. The van der Waals surface area contributed by atoms with Gasteiger partial charge in [-0.1, -0.05) is 26.7 Å². The minimum Gasteiger partial charge on any atom is -0.316 e. The summed E-state index contributed by atoms with van der Waals surface area (Å²) < 4.78 is 28.2. The van der Waals surface area contributed by atoms with Gasteiger partial charge in [0, 0.05) is 19.1 Å². The summed E-state index contributed by atoms with van der Waals surface area (Å²) in [7, 11) is -1.48. The first-order chi connectivity index (χ1) is 9.95. The molecule has 6 heteroatoms. The molecular formula is C15H26N2O2S2. The first-order valence-electron chi connectivity index (χ1n) is 7.69. The Bertz CT molecular complexity index is 546. The fraction of sp³-hybridized carbons (Fsp3) is 0.733. The van der Waals surface area contributed by atoms with Gasteiger partial charge in [0.1, 0.15) is 4.21 Å². The Kier molecular flexibility index (Phi) is 5.82. The molecule has 0 amide bonds. The predicted octanol–water partition coefficient (Wildman–Crippen LogP) is 3.06. The Morgan fingerprint density at radius 2 is 2.05 bits per heavy atom. The molecule has 0 saturated heterocycles. The fourth-order valence-corrected chi connectivity index (χ4v) is 6.08. The second-order valence-electron chi connectivity index (χ2n) is 6.21. The third-order valence-electron chi connectivity index (χ3n) is 3.85. The van der Waals surface area contributed by atoms with E-state index < -0.39 is 10.0 Å². The van der Waals surface area contributed by atoms with E-state index in [1.165, 1.54) is 11.3 Å². The molecule has 2 rings (SSSR count). The quantitative estimate of drug-likeness (QED) is 0.836. The SMILES string of the molecule is CNCc1csc(S(=O)(=O)N(CC(C)C)C2CCCC2)c1.